The summed E-state index contributed by atoms with van der Waals surface area (Å²) < 4.78 is 0. The number of aromatic hydroxyl groups is 1. The topological polar surface area (TPSA) is 40.5 Å². The third-order valence-corrected chi connectivity index (χ3v) is 3.74. The van der Waals surface area contributed by atoms with Gasteiger partial charge in [-0.2, -0.15) is 0 Å². The first-order chi connectivity index (χ1) is 6.74. The van der Waals surface area contributed by atoms with Gasteiger partial charge in [0.25, 0.3) is 0 Å². The molecule has 0 heterocycles. The first-order valence-corrected chi connectivity index (χ1v) is 5.23. The molecule has 0 bridgehead atoms. The molecule has 0 amide bonds. The summed E-state index contributed by atoms with van der Waals surface area (Å²) in [6, 6.07) is 5.69. The van der Waals surface area contributed by atoms with Crippen molar-refractivity contribution in [3.05, 3.63) is 29.3 Å². The lowest BCUT2D eigenvalue weighted by Gasteiger charge is -2.30. The van der Waals surface area contributed by atoms with E-state index >= 15 is 0 Å². The average Bonchev–Trinajstić information content (AvgIpc) is 2.94. The van der Waals surface area contributed by atoms with E-state index in [9.17, 15) is 10.2 Å². The van der Waals surface area contributed by atoms with Gasteiger partial charge in [-0.25, -0.2) is 0 Å². The molecule has 0 aromatic heterocycles. The average molecular weight is 190 g/mol. The van der Waals surface area contributed by atoms with Gasteiger partial charge in [-0.05, 0) is 37.3 Å². The van der Waals surface area contributed by atoms with E-state index in [1.54, 1.807) is 6.07 Å². The van der Waals surface area contributed by atoms with Crippen molar-refractivity contribution in [2.75, 3.05) is 0 Å². The fraction of sp³-hybridized carbons (Fsp3) is 0.500. The summed E-state index contributed by atoms with van der Waals surface area (Å²) >= 11 is 0. The van der Waals surface area contributed by atoms with Crippen molar-refractivity contribution < 1.29 is 10.2 Å². The van der Waals surface area contributed by atoms with Crippen LogP contribution in [0.3, 0.4) is 0 Å². The molecule has 1 spiro atoms. The highest BCUT2D eigenvalue weighted by Gasteiger charge is 2.54. The number of fused-ring (bicyclic) bond motifs is 2. The van der Waals surface area contributed by atoms with Crippen LogP contribution in [-0.4, -0.2) is 16.3 Å². The first kappa shape index (κ1) is 8.30. The van der Waals surface area contributed by atoms with Crippen LogP contribution in [0.1, 0.15) is 30.4 Å². The van der Waals surface area contributed by atoms with E-state index < -0.39 is 0 Å². The third kappa shape index (κ3) is 0.894. The van der Waals surface area contributed by atoms with Crippen molar-refractivity contribution >= 4 is 0 Å². The van der Waals surface area contributed by atoms with Crippen molar-refractivity contribution in [1.29, 1.82) is 0 Å². The van der Waals surface area contributed by atoms with Crippen LogP contribution in [-0.2, 0) is 11.8 Å². The standard InChI is InChI=1S/C12H14O2/c13-9-3-1-2-8-4-5-10(14)12(6-7-12)11(8)9/h1-3,10,13-14H,4-7H2. The van der Waals surface area contributed by atoms with Crippen molar-refractivity contribution in [3.63, 3.8) is 0 Å². The number of rotatable bonds is 0. The normalized spacial score (nSPS) is 27.4. The number of aliphatic hydroxyl groups is 1. The van der Waals surface area contributed by atoms with Crippen LogP contribution < -0.4 is 0 Å². The van der Waals surface area contributed by atoms with E-state index in [-0.39, 0.29) is 11.5 Å². The molecule has 1 aromatic carbocycles. The maximum atomic E-state index is 9.96. The van der Waals surface area contributed by atoms with E-state index in [0.29, 0.717) is 5.75 Å². The number of hydrogen-bond donors (Lipinski definition) is 2. The van der Waals surface area contributed by atoms with Crippen molar-refractivity contribution in [3.8, 4) is 5.75 Å². The van der Waals surface area contributed by atoms with Gasteiger partial charge in [-0.3, -0.25) is 0 Å². The fourth-order valence-electron chi connectivity index (χ4n) is 2.82. The number of phenols is 1. The molecule has 1 unspecified atom stereocenters. The Morgan fingerprint density at radius 2 is 2.07 bits per heavy atom. The van der Waals surface area contributed by atoms with Gasteiger partial charge >= 0.3 is 0 Å². The number of phenolic OH excluding ortho intramolecular Hbond substituents is 1. The molecule has 3 rings (SSSR count). The lowest BCUT2D eigenvalue weighted by atomic mass is 9.77. The molecular weight excluding hydrogens is 176 g/mol. The van der Waals surface area contributed by atoms with Gasteiger partial charge < -0.3 is 10.2 Å². The van der Waals surface area contributed by atoms with Gasteiger partial charge in [0, 0.05) is 11.0 Å². The molecule has 1 aromatic rings. The largest absolute Gasteiger partial charge is 0.508 e. The number of hydrogen-bond acceptors (Lipinski definition) is 2. The summed E-state index contributed by atoms with van der Waals surface area (Å²) in [7, 11) is 0. The minimum absolute atomic E-state index is 0.0844. The van der Waals surface area contributed by atoms with Gasteiger partial charge in [0.2, 0.25) is 0 Å². The van der Waals surface area contributed by atoms with E-state index in [2.05, 4.69) is 6.07 Å². The summed E-state index contributed by atoms with van der Waals surface area (Å²) in [4.78, 5) is 0. The monoisotopic (exact) mass is 190 g/mol. The molecule has 0 aliphatic heterocycles. The highest BCUT2D eigenvalue weighted by Crippen LogP contribution is 2.57. The first-order valence-electron chi connectivity index (χ1n) is 5.23. The van der Waals surface area contributed by atoms with Crippen LogP contribution in [0.4, 0.5) is 0 Å². The quantitative estimate of drug-likeness (QED) is 0.654. The molecule has 1 fully saturated rings. The second-order valence-corrected chi connectivity index (χ2v) is 4.52. The Morgan fingerprint density at radius 1 is 1.29 bits per heavy atom. The van der Waals surface area contributed by atoms with Crippen LogP contribution in [0.15, 0.2) is 18.2 Å². The second-order valence-electron chi connectivity index (χ2n) is 4.52. The predicted molar refractivity (Wildman–Crippen MR) is 53.3 cm³/mol. The molecule has 0 saturated heterocycles. The smallest absolute Gasteiger partial charge is 0.119 e. The third-order valence-electron chi connectivity index (χ3n) is 3.74. The minimum Gasteiger partial charge on any atom is -0.508 e. The summed E-state index contributed by atoms with van der Waals surface area (Å²) in [5.41, 5.74) is 2.17. The zero-order valence-corrected chi connectivity index (χ0v) is 8.03. The van der Waals surface area contributed by atoms with E-state index in [4.69, 9.17) is 0 Å². The molecule has 14 heavy (non-hydrogen) atoms. The SMILES string of the molecule is Oc1cccc2c1C1(CC1)C(O)CC2. The summed E-state index contributed by atoms with van der Waals surface area (Å²) in [5, 5.41) is 19.8. The lowest BCUT2D eigenvalue weighted by Crippen LogP contribution is -2.31. The lowest BCUT2D eigenvalue weighted by molar-refractivity contribution is 0.113. The van der Waals surface area contributed by atoms with E-state index in [0.717, 1.165) is 31.2 Å². The molecule has 0 radical (unpaired) electrons. The molecule has 2 heteroatoms. The number of aryl methyl sites for hydroxylation is 1. The van der Waals surface area contributed by atoms with Crippen molar-refractivity contribution in [2.24, 2.45) is 0 Å². The van der Waals surface area contributed by atoms with Gasteiger partial charge in [-0.15, -0.1) is 0 Å². The van der Waals surface area contributed by atoms with E-state index in [1.807, 2.05) is 6.07 Å². The Morgan fingerprint density at radius 3 is 2.79 bits per heavy atom. The van der Waals surface area contributed by atoms with Crippen LogP contribution >= 0.6 is 0 Å². The molecule has 2 aliphatic carbocycles. The van der Waals surface area contributed by atoms with Gasteiger partial charge in [-0.1, -0.05) is 12.1 Å². The zero-order valence-electron chi connectivity index (χ0n) is 8.03. The number of aliphatic hydroxyl groups excluding tert-OH is 1. The maximum Gasteiger partial charge on any atom is 0.119 e. The van der Waals surface area contributed by atoms with Crippen LogP contribution in [0.2, 0.25) is 0 Å². The zero-order chi connectivity index (χ0) is 9.76. The summed E-state index contributed by atoms with van der Waals surface area (Å²) in [5.74, 6) is 0.374. The molecule has 1 saturated carbocycles. The molecule has 2 aliphatic rings. The Hall–Kier alpha value is -1.02. The van der Waals surface area contributed by atoms with E-state index in [1.165, 1.54) is 5.56 Å². The van der Waals surface area contributed by atoms with Crippen molar-refractivity contribution in [1.82, 2.24) is 0 Å². The Labute approximate surface area is 83.2 Å². The second kappa shape index (κ2) is 2.51. The summed E-state index contributed by atoms with van der Waals surface area (Å²) in [6.07, 6.45) is 3.55. The highest BCUT2D eigenvalue weighted by molar-refractivity contribution is 5.50. The highest BCUT2D eigenvalue weighted by atomic mass is 16.3. The number of benzene rings is 1. The Bertz CT molecular complexity index is 380. The Kier molecular flexibility index (Phi) is 1.49. The molecule has 2 nitrogen and oxygen atoms in total. The molecule has 1 atom stereocenters. The van der Waals surface area contributed by atoms with Gasteiger partial charge in [0.15, 0.2) is 0 Å². The molecule has 74 valence electrons. The van der Waals surface area contributed by atoms with Crippen LogP contribution in [0.5, 0.6) is 5.75 Å². The Balaban J connectivity index is 2.21. The maximum absolute atomic E-state index is 9.96. The summed E-state index contributed by atoms with van der Waals surface area (Å²) in [6.45, 7) is 0. The van der Waals surface area contributed by atoms with Crippen molar-refractivity contribution in [2.45, 2.75) is 37.2 Å². The van der Waals surface area contributed by atoms with Gasteiger partial charge in [0.1, 0.15) is 5.75 Å². The van der Waals surface area contributed by atoms with Crippen LogP contribution in [0, 0.1) is 0 Å². The molecule has 2 N–H and O–H groups in total. The van der Waals surface area contributed by atoms with Gasteiger partial charge in [0.05, 0.1) is 6.10 Å². The minimum atomic E-state index is -0.247. The molecular formula is C12H14O2. The van der Waals surface area contributed by atoms with Crippen LogP contribution in [0.25, 0.3) is 0 Å². The fourth-order valence-corrected chi connectivity index (χ4v) is 2.82. The predicted octanol–water partition coefficient (Wildman–Crippen LogP) is 1.73.